The molecule has 0 unspecified atom stereocenters. The van der Waals surface area contributed by atoms with Crippen molar-refractivity contribution in [1.29, 1.82) is 0 Å². The van der Waals surface area contributed by atoms with Crippen molar-refractivity contribution in [3.63, 3.8) is 0 Å². The van der Waals surface area contributed by atoms with E-state index in [9.17, 15) is 4.79 Å². The molecule has 1 aromatic heterocycles. The molecule has 0 radical (unpaired) electrons. The topological polar surface area (TPSA) is 46.9 Å². The van der Waals surface area contributed by atoms with Gasteiger partial charge in [0.25, 0.3) is 0 Å². The van der Waals surface area contributed by atoms with Gasteiger partial charge in [0.2, 0.25) is 5.91 Å². The van der Waals surface area contributed by atoms with Crippen LogP contribution in [0.15, 0.2) is 24.5 Å². The van der Waals surface area contributed by atoms with Crippen molar-refractivity contribution in [2.45, 2.75) is 39.7 Å². The van der Waals surface area contributed by atoms with Gasteiger partial charge >= 0.3 is 0 Å². The van der Waals surface area contributed by atoms with Gasteiger partial charge in [0.05, 0.1) is 17.4 Å². The molecule has 2 aromatic rings. The molecule has 0 bridgehead atoms. The number of carbonyl (C=O) groups is 1. The van der Waals surface area contributed by atoms with Gasteiger partial charge in [-0.25, -0.2) is 4.98 Å². The third kappa shape index (κ3) is 2.37. The summed E-state index contributed by atoms with van der Waals surface area (Å²) in [5, 5.41) is 2.84. The number of anilines is 1. The van der Waals surface area contributed by atoms with E-state index < -0.39 is 0 Å². The highest BCUT2D eigenvalue weighted by atomic mass is 16.1. The first-order valence-corrected chi connectivity index (χ1v) is 6.19. The zero-order valence-corrected chi connectivity index (χ0v) is 11.3. The van der Waals surface area contributed by atoms with Gasteiger partial charge in [-0.15, -0.1) is 0 Å². The Bertz CT molecular complexity index is 578. The van der Waals surface area contributed by atoms with Crippen molar-refractivity contribution >= 4 is 22.6 Å². The number of fused-ring (bicyclic) bond motifs is 1. The van der Waals surface area contributed by atoms with Crippen LogP contribution < -0.4 is 5.32 Å². The van der Waals surface area contributed by atoms with Crippen LogP contribution in [-0.4, -0.2) is 15.5 Å². The second kappa shape index (κ2) is 4.44. The number of benzene rings is 1. The number of nitrogens with zero attached hydrogens (tertiary/aromatic N) is 2. The lowest BCUT2D eigenvalue weighted by Gasteiger charge is -2.21. The van der Waals surface area contributed by atoms with E-state index in [1.807, 2.05) is 31.5 Å². The monoisotopic (exact) mass is 245 g/mol. The van der Waals surface area contributed by atoms with Crippen LogP contribution >= 0.6 is 0 Å². The smallest absolute Gasteiger partial charge is 0.224 e. The second-order valence-corrected chi connectivity index (χ2v) is 5.39. The van der Waals surface area contributed by atoms with Crippen molar-refractivity contribution in [3.8, 4) is 0 Å². The van der Waals surface area contributed by atoms with E-state index in [0.717, 1.165) is 16.7 Å². The molecule has 4 heteroatoms. The summed E-state index contributed by atoms with van der Waals surface area (Å²) in [6, 6.07) is 5.82. The number of aromatic nitrogens is 2. The number of hydrogen-bond donors (Lipinski definition) is 1. The van der Waals surface area contributed by atoms with Crippen LogP contribution in [0.1, 0.15) is 34.1 Å². The summed E-state index contributed by atoms with van der Waals surface area (Å²) in [6.07, 6.45) is 2.32. The average molecular weight is 245 g/mol. The van der Waals surface area contributed by atoms with Gasteiger partial charge in [-0.2, -0.15) is 0 Å². The van der Waals surface area contributed by atoms with E-state index in [4.69, 9.17) is 0 Å². The van der Waals surface area contributed by atoms with Crippen LogP contribution in [0.3, 0.4) is 0 Å². The summed E-state index contributed by atoms with van der Waals surface area (Å²) in [6.45, 7) is 8.25. The third-order valence-electron chi connectivity index (χ3n) is 2.87. The molecule has 0 aliphatic carbocycles. The van der Waals surface area contributed by atoms with Crippen molar-refractivity contribution in [1.82, 2.24) is 9.55 Å². The van der Waals surface area contributed by atoms with Gasteiger partial charge < -0.3 is 9.88 Å². The van der Waals surface area contributed by atoms with Crippen LogP contribution in [0.5, 0.6) is 0 Å². The number of hydrogen-bond acceptors (Lipinski definition) is 2. The van der Waals surface area contributed by atoms with E-state index in [-0.39, 0.29) is 11.4 Å². The molecule has 0 atom stereocenters. The van der Waals surface area contributed by atoms with Crippen LogP contribution in [0.2, 0.25) is 0 Å². The third-order valence-corrected chi connectivity index (χ3v) is 2.87. The Kier molecular flexibility index (Phi) is 3.11. The van der Waals surface area contributed by atoms with Gasteiger partial charge in [0.15, 0.2) is 0 Å². The summed E-state index contributed by atoms with van der Waals surface area (Å²) in [5.74, 6) is 0.0182. The Morgan fingerprint density at radius 1 is 1.39 bits per heavy atom. The molecule has 18 heavy (non-hydrogen) atoms. The summed E-state index contributed by atoms with van der Waals surface area (Å²) < 4.78 is 2.13. The van der Waals surface area contributed by atoms with Crippen molar-refractivity contribution in [3.05, 3.63) is 24.5 Å². The molecule has 0 aliphatic heterocycles. The molecule has 1 heterocycles. The molecule has 96 valence electrons. The zero-order chi connectivity index (χ0) is 13.3. The van der Waals surface area contributed by atoms with E-state index in [1.54, 1.807) is 0 Å². The first kappa shape index (κ1) is 12.6. The number of amides is 1. The van der Waals surface area contributed by atoms with Gasteiger partial charge in [0, 0.05) is 17.6 Å². The number of nitrogens with one attached hydrogen (secondary N) is 1. The predicted octanol–water partition coefficient (Wildman–Crippen LogP) is 3.14. The van der Waals surface area contributed by atoms with Gasteiger partial charge in [0.1, 0.15) is 0 Å². The Balaban J connectivity index is 2.40. The minimum Gasteiger partial charge on any atom is -0.326 e. The first-order valence-electron chi connectivity index (χ1n) is 6.19. The number of rotatable bonds is 2. The minimum atomic E-state index is 0.00291. The quantitative estimate of drug-likeness (QED) is 0.883. The maximum Gasteiger partial charge on any atom is 0.224 e. The van der Waals surface area contributed by atoms with Gasteiger partial charge in [-0.1, -0.05) is 6.92 Å². The second-order valence-electron chi connectivity index (χ2n) is 5.39. The fourth-order valence-electron chi connectivity index (χ4n) is 1.87. The lowest BCUT2D eigenvalue weighted by atomic mass is 10.1. The molecule has 0 saturated carbocycles. The molecular formula is C14H19N3O. The molecule has 2 rings (SSSR count). The minimum absolute atomic E-state index is 0.00291. The molecule has 0 aliphatic rings. The summed E-state index contributed by atoms with van der Waals surface area (Å²) in [7, 11) is 0. The van der Waals surface area contributed by atoms with Crippen molar-refractivity contribution in [2.75, 3.05) is 5.32 Å². The molecule has 1 N–H and O–H groups in total. The zero-order valence-electron chi connectivity index (χ0n) is 11.3. The van der Waals surface area contributed by atoms with Gasteiger partial charge in [-0.05, 0) is 39.0 Å². The van der Waals surface area contributed by atoms with Crippen molar-refractivity contribution in [2.24, 2.45) is 0 Å². The summed E-state index contributed by atoms with van der Waals surface area (Å²) >= 11 is 0. The Morgan fingerprint density at radius 2 is 2.11 bits per heavy atom. The summed E-state index contributed by atoms with van der Waals surface area (Å²) in [5.41, 5.74) is 2.78. The molecule has 1 amide bonds. The summed E-state index contributed by atoms with van der Waals surface area (Å²) in [4.78, 5) is 15.7. The largest absolute Gasteiger partial charge is 0.326 e. The fraction of sp³-hybridized carbons (Fsp3) is 0.429. The van der Waals surface area contributed by atoms with E-state index in [2.05, 4.69) is 35.6 Å². The van der Waals surface area contributed by atoms with Crippen LogP contribution in [0.4, 0.5) is 5.69 Å². The lowest BCUT2D eigenvalue weighted by Crippen LogP contribution is -2.20. The van der Waals surface area contributed by atoms with Crippen molar-refractivity contribution < 1.29 is 4.79 Å². The van der Waals surface area contributed by atoms with E-state index in [1.165, 1.54) is 0 Å². The van der Waals surface area contributed by atoms with E-state index in [0.29, 0.717) is 6.42 Å². The molecular weight excluding hydrogens is 226 g/mol. The first-order chi connectivity index (χ1) is 8.41. The maximum absolute atomic E-state index is 11.3. The highest BCUT2D eigenvalue weighted by Gasteiger charge is 2.16. The molecule has 0 fully saturated rings. The molecule has 1 aromatic carbocycles. The number of imidazole rings is 1. The SMILES string of the molecule is CCC(=O)Nc1ccc2c(c1)ncn2C(C)(C)C. The normalized spacial score (nSPS) is 11.8. The van der Waals surface area contributed by atoms with Crippen LogP contribution in [0.25, 0.3) is 11.0 Å². The highest BCUT2D eigenvalue weighted by Crippen LogP contribution is 2.24. The molecule has 0 saturated heterocycles. The average Bonchev–Trinajstić information content (AvgIpc) is 2.71. The van der Waals surface area contributed by atoms with Crippen LogP contribution in [-0.2, 0) is 10.3 Å². The maximum atomic E-state index is 11.3. The molecule has 0 spiro atoms. The lowest BCUT2D eigenvalue weighted by molar-refractivity contribution is -0.115. The fourth-order valence-corrected chi connectivity index (χ4v) is 1.87. The molecule has 4 nitrogen and oxygen atoms in total. The van der Waals surface area contributed by atoms with Gasteiger partial charge in [-0.3, -0.25) is 4.79 Å². The van der Waals surface area contributed by atoms with Crippen LogP contribution in [0, 0.1) is 0 Å². The number of carbonyl (C=O) groups excluding carboxylic acids is 1. The Labute approximate surface area is 107 Å². The standard InChI is InChI=1S/C14H19N3O/c1-5-13(18)16-10-6-7-12-11(8-10)15-9-17(12)14(2,3)4/h6-9H,5H2,1-4H3,(H,16,18). The highest BCUT2D eigenvalue weighted by molar-refractivity contribution is 5.92. The van der Waals surface area contributed by atoms with E-state index >= 15 is 0 Å². The Morgan fingerprint density at radius 3 is 2.72 bits per heavy atom. The predicted molar refractivity (Wildman–Crippen MR) is 73.6 cm³/mol. The Hall–Kier alpha value is -1.84.